The van der Waals surface area contributed by atoms with Crippen molar-refractivity contribution in [1.82, 2.24) is 5.32 Å². The van der Waals surface area contributed by atoms with E-state index in [2.05, 4.69) is 10.6 Å². The van der Waals surface area contributed by atoms with Crippen molar-refractivity contribution in [3.05, 3.63) is 59.7 Å². The smallest absolute Gasteiger partial charge is 0.337 e. The first-order valence-electron chi connectivity index (χ1n) is 9.40. The number of aryl methyl sites for hydroxylation is 1. The Balaban J connectivity index is 2.04. The van der Waals surface area contributed by atoms with Gasteiger partial charge in [-0.05, 0) is 55.2 Å². The molecule has 1 atom stereocenters. The molecule has 0 saturated heterocycles. The number of hydrogen-bond donors (Lipinski definition) is 2. The summed E-state index contributed by atoms with van der Waals surface area (Å²) in [6.45, 7) is 1.63. The summed E-state index contributed by atoms with van der Waals surface area (Å²) in [5.41, 5.74) is 1.62. The lowest BCUT2D eigenvalue weighted by Crippen LogP contribution is -2.46. The zero-order valence-corrected chi connectivity index (χ0v) is 18.1. The first-order valence-corrected chi connectivity index (χ1v) is 10.8. The Morgan fingerprint density at radius 1 is 1.10 bits per heavy atom. The number of ether oxygens (including phenoxy) is 2. The maximum atomic E-state index is 12.8. The van der Waals surface area contributed by atoms with E-state index in [1.807, 2.05) is 31.4 Å². The van der Waals surface area contributed by atoms with Crippen LogP contribution in [0.3, 0.4) is 0 Å². The van der Waals surface area contributed by atoms with Crippen LogP contribution in [0.25, 0.3) is 0 Å². The molecule has 0 fully saturated rings. The zero-order valence-electron chi connectivity index (χ0n) is 17.3. The van der Waals surface area contributed by atoms with Gasteiger partial charge in [0.15, 0.2) is 6.61 Å². The van der Waals surface area contributed by atoms with Gasteiger partial charge in [0.25, 0.3) is 5.91 Å². The van der Waals surface area contributed by atoms with Crippen LogP contribution in [0, 0.1) is 6.92 Å². The van der Waals surface area contributed by atoms with Gasteiger partial charge in [-0.1, -0.05) is 24.3 Å². The third-order valence-electron chi connectivity index (χ3n) is 4.29. The van der Waals surface area contributed by atoms with Crippen LogP contribution in [-0.4, -0.2) is 49.6 Å². The Morgan fingerprint density at radius 2 is 1.83 bits per heavy atom. The number of rotatable bonds is 10. The molecule has 0 radical (unpaired) electrons. The lowest BCUT2D eigenvalue weighted by Gasteiger charge is -2.19. The van der Waals surface area contributed by atoms with Gasteiger partial charge in [0.05, 0.1) is 12.7 Å². The van der Waals surface area contributed by atoms with Gasteiger partial charge in [-0.15, -0.1) is 0 Å². The summed E-state index contributed by atoms with van der Waals surface area (Å²) in [6, 6.07) is 13.2. The fourth-order valence-electron chi connectivity index (χ4n) is 2.63. The van der Waals surface area contributed by atoms with Gasteiger partial charge < -0.3 is 20.1 Å². The van der Waals surface area contributed by atoms with E-state index in [-0.39, 0.29) is 18.4 Å². The number of anilines is 1. The molecule has 0 aromatic heterocycles. The minimum Gasteiger partial charge on any atom is -0.484 e. The van der Waals surface area contributed by atoms with Crippen molar-refractivity contribution in [2.24, 2.45) is 0 Å². The number of carbonyl (C=O) groups is 3. The van der Waals surface area contributed by atoms with Crippen LogP contribution in [0.15, 0.2) is 48.5 Å². The van der Waals surface area contributed by atoms with E-state index < -0.39 is 12.0 Å². The van der Waals surface area contributed by atoms with Gasteiger partial charge in [-0.3, -0.25) is 9.59 Å². The highest BCUT2D eigenvalue weighted by atomic mass is 32.2. The lowest BCUT2D eigenvalue weighted by molar-refractivity contribution is -0.127. The number of esters is 1. The van der Waals surface area contributed by atoms with Gasteiger partial charge in [0.2, 0.25) is 5.91 Å². The molecule has 2 rings (SSSR count). The molecule has 2 aromatic rings. The average Bonchev–Trinajstić information content (AvgIpc) is 2.76. The fraction of sp³-hybridized carbons (Fsp3) is 0.318. The van der Waals surface area contributed by atoms with E-state index in [0.717, 1.165) is 5.56 Å². The number of carbonyl (C=O) groups excluding carboxylic acids is 3. The largest absolute Gasteiger partial charge is 0.484 e. The second kappa shape index (κ2) is 11.9. The summed E-state index contributed by atoms with van der Waals surface area (Å²) in [5, 5.41) is 5.54. The molecule has 0 aliphatic carbocycles. The van der Waals surface area contributed by atoms with Crippen molar-refractivity contribution < 1.29 is 23.9 Å². The maximum Gasteiger partial charge on any atom is 0.337 e. The van der Waals surface area contributed by atoms with Gasteiger partial charge in [0, 0.05) is 5.69 Å². The summed E-state index contributed by atoms with van der Waals surface area (Å²) in [5.74, 6) is 0.0326. The molecule has 0 spiro atoms. The third kappa shape index (κ3) is 7.11. The summed E-state index contributed by atoms with van der Waals surface area (Å²) >= 11 is 1.58. The van der Waals surface area contributed by atoms with Gasteiger partial charge in [-0.25, -0.2) is 4.79 Å². The Labute approximate surface area is 180 Å². The third-order valence-corrected chi connectivity index (χ3v) is 4.94. The van der Waals surface area contributed by atoms with Crippen LogP contribution < -0.4 is 15.4 Å². The van der Waals surface area contributed by atoms with Crippen LogP contribution in [-0.2, 0) is 14.3 Å². The van der Waals surface area contributed by atoms with Crippen molar-refractivity contribution in [3.63, 3.8) is 0 Å². The van der Waals surface area contributed by atoms with Crippen LogP contribution in [0.5, 0.6) is 5.75 Å². The molecular weight excluding hydrogens is 404 g/mol. The van der Waals surface area contributed by atoms with Crippen LogP contribution in [0.4, 0.5) is 5.69 Å². The van der Waals surface area contributed by atoms with E-state index in [1.165, 1.54) is 7.11 Å². The Kier molecular flexibility index (Phi) is 9.21. The normalized spacial score (nSPS) is 11.3. The van der Waals surface area contributed by atoms with Crippen molar-refractivity contribution in [2.45, 2.75) is 19.4 Å². The first-order chi connectivity index (χ1) is 14.4. The van der Waals surface area contributed by atoms with Crippen molar-refractivity contribution in [3.8, 4) is 5.75 Å². The number of benzene rings is 2. The molecule has 0 saturated carbocycles. The zero-order chi connectivity index (χ0) is 21.9. The second-order valence-electron chi connectivity index (χ2n) is 6.51. The van der Waals surface area contributed by atoms with E-state index in [0.29, 0.717) is 29.2 Å². The monoisotopic (exact) mass is 430 g/mol. The van der Waals surface area contributed by atoms with E-state index in [1.54, 1.807) is 42.1 Å². The van der Waals surface area contributed by atoms with Crippen LogP contribution in [0.1, 0.15) is 22.3 Å². The predicted octanol–water partition coefficient (Wildman–Crippen LogP) is 3.04. The van der Waals surface area contributed by atoms with Crippen LogP contribution >= 0.6 is 11.8 Å². The van der Waals surface area contributed by atoms with Gasteiger partial charge in [0.1, 0.15) is 11.8 Å². The molecule has 30 heavy (non-hydrogen) atoms. The molecule has 0 heterocycles. The lowest BCUT2D eigenvalue weighted by atomic mass is 10.1. The summed E-state index contributed by atoms with van der Waals surface area (Å²) in [6.07, 6.45) is 2.39. The Hall–Kier alpha value is -3.00. The highest BCUT2D eigenvalue weighted by Crippen LogP contribution is 2.18. The van der Waals surface area contributed by atoms with E-state index >= 15 is 0 Å². The minimum atomic E-state index is -0.731. The maximum absolute atomic E-state index is 12.8. The molecular formula is C22H26N2O5S. The summed E-state index contributed by atoms with van der Waals surface area (Å²) < 4.78 is 10.2. The summed E-state index contributed by atoms with van der Waals surface area (Å²) in [7, 11) is 1.30. The number of para-hydroxylation sites is 1. The number of thioether (sulfide) groups is 1. The average molecular weight is 431 g/mol. The molecule has 0 aliphatic rings. The van der Waals surface area contributed by atoms with E-state index in [9.17, 15) is 14.4 Å². The highest BCUT2D eigenvalue weighted by molar-refractivity contribution is 7.98. The standard InChI is InChI=1S/C22H26N2O5S/c1-15-9-10-16(22(27)28-2)13-19(15)24-21(26)18(11-12-30-3)23-20(25)14-29-17-7-5-4-6-8-17/h4-10,13,18H,11-12,14H2,1-3H3,(H,23,25)(H,24,26). The molecule has 7 nitrogen and oxygen atoms in total. The molecule has 2 N–H and O–H groups in total. The molecule has 0 aliphatic heterocycles. The Morgan fingerprint density at radius 3 is 2.50 bits per heavy atom. The molecule has 2 aromatic carbocycles. The van der Waals surface area contributed by atoms with Gasteiger partial charge >= 0.3 is 5.97 Å². The number of methoxy groups -OCH3 is 1. The Bertz CT molecular complexity index is 873. The number of nitrogens with one attached hydrogen (secondary N) is 2. The van der Waals surface area contributed by atoms with E-state index in [4.69, 9.17) is 9.47 Å². The molecule has 8 heteroatoms. The molecule has 160 valence electrons. The van der Waals surface area contributed by atoms with Crippen molar-refractivity contribution in [2.75, 3.05) is 31.0 Å². The number of hydrogen-bond acceptors (Lipinski definition) is 6. The predicted molar refractivity (Wildman–Crippen MR) is 118 cm³/mol. The quantitative estimate of drug-likeness (QED) is 0.563. The molecule has 0 bridgehead atoms. The van der Waals surface area contributed by atoms with Crippen molar-refractivity contribution in [1.29, 1.82) is 0 Å². The second-order valence-corrected chi connectivity index (χ2v) is 7.50. The topological polar surface area (TPSA) is 93.7 Å². The highest BCUT2D eigenvalue weighted by Gasteiger charge is 2.22. The molecule has 2 amide bonds. The SMILES string of the molecule is COC(=O)c1ccc(C)c(NC(=O)C(CCSC)NC(=O)COc2ccccc2)c1. The van der Waals surface area contributed by atoms with Gasteiger partial charge in [-0.2, -0.15) is 11.8 Å². The minimum absolute atomic E-state index is 0.191. The first kappa shape index (κ1) is 23.3. The van der Waals surface area contributed by atoms with Crippen LogP contribution in [0.2, 0.25) is 0 Å². The number of amides is 2. The molecule has 1 unspecified atom stereocenters. The van der Waals surface area contributed by atoms with Crippen molar-refractivity contribution >= 4 is 35.2 Å². The fourth-order valence-corrected chi connectivity index (χ4v) is 3.10. The summed E-state index contributed by atoms with van der Waals surface area (Å²) in [4.78, 5) is 36.9.